The molecule has 200 valence electrons. The highest BCUT2D eigenvalue weighted by Gasteiger charge is 2.42. The molecule has 2 aromatic heterocycles. The fourth-order valence-corrected chi connectivity index (χ4v) is 5.83. The van der Waals surface area contributed by atoms with Crippen molar-refractivity contribution in [3.05, 3.63) is 47.2 Å². The summed E-state index contributed by atoms with van der Waals surface area (Å²) in [6.07, 6.45) is 3.63. The van der Waals surface area contributed by atoms with Gasteiger partial charge in [0.2, 0.25) is 0 Å². The Morgan fingerprint density at radius 3 is 2.54 bits per heavy atom. The molecule has 37 heavy (non-hydrogen) atoms. The monoisotopic (exact) mass is 527 g/mol. The molecule has 0 bridgehead atoms. The number of nitrogen functional groups attached to an aromatic ring is 1. The third-order valence-corrected chi connectivity index (χ3v) is 8.69. The lowest BCUT2D eigenvalue weighted by atomic mass is 9.84. The van der Waals surface area contributed by atoms with E-state index in [9.17, 15) is 13.2 Å². The summed E-state index contributed by atoms with van der Waals surface area (Å²) < 4.78 is 33.9. The normalized spacial score (nSPS) is 20.0. The van der Waals surface area contributed by atoms with Crippen LogP contribution in [0.5, 0.6) is 0 Å². The molecule has 1 amide bonds. The number of carbonyl (C=O) groups is 1. The maximum Gasteiger partial charge on any atom is 0.281 e. The van der Waals surface area contributed by atoms with Crippen LogP contribution in [0.1, 0.15) is 76.0 Å². The predicted molar refractivity (Wildman–Crippen MR) is 145 cm³/mol. The van der Waals surface area contributed by atoms with Crippen LogP contribution in [0.4, 0.5) is 11.6 Å². The molecule has 2 aliphatic heterocycles. The Hall–Kier alpha value is -2.98. The van der Waals surface area contributed by atoms with E-state index in [2.05, 4.69) is 56.1 Å². The lowest BCUT2D eigenvalue weighted by Crippen LogP contribution is -2.44. The first-order valence-electron chi connectivity index (χ1n) is 12.6. The Bertz CT molecular complexity index is 1350. The second-order valence-corrected chi connectivity index (χ2v) is 13.0. The number of nitrogens with two attached hydrogens (primary N) is 1. The van der Waals surface area contributed by atoms with Gasteiger partial charge >= 0.3 is 0 Å². The van der Waals surface area contributed by atoms with Crippen LogP contribution in [0.15, 0.2) is 35.4 Å². The van der Waals surface area contributed by atoms with E-state index in [1.165, 1.54) is 18.2 Å². The van der Waals surface area contributed by atoms with Gasteiger partial charge in [0.25, 0.3) is 15.9 Å². The van der Waals surface area contributed by atoms with Crippen LogP contribution in [-0.2, 0) is 20.2 Å². The van der Waals surface area contributed by atoms with Gasteiger partial charge in [-0.3, -0.25) is 4.79 Å². The van der Waals surface area contributed by atoms with Gasteiger partial charge in [0.15, 0.2) is 5.03 Å². The molecule has 2 aromatic rings. The Labute approximate surface area is 219 Å². The largest absolute Gasteiger partial charge is 0.384 e. The van der Waals surface area contributed by atoms with Gasteiger partial charge in [0.1, 0.15) is 11.6 Å². The van der Waals surface area contributed by atoms with E-state index in [1.807, 2.05) is 6.08 Å². The average Bonchev–Trinajstić information content (AvgIpc) is 3.09. The lowest BCUT2D eigenvalue weighted by molar-refractivity contribution is 0.0981. The maximum atomic E-state index is 13.7. The predicted octanol–water partition coefficient (Wildman–Crippen LogP) is 3.90. The van der Waals surface area contributed by atoms with Crippen molar-refractivity contribution in [2.75, 3.05) is 30.4 Å². The highest BCUT2D eigenvalue weighted by Crippen LogP contribution is 2.41. The summed E-state index contributed by atoms with van der Waals surface area (Å²) >= 11 is 0. The highest BCUT2D eigenvalue weighted by atomic mass is 32.2. The van der Waals surface area contributed by atoms with Gasteiger partial charge in [-0.1, -0.05) is 39.8 Å². The summed E-state index contributed by atoms with van der Waals surface area (Å²) in [6, 6.07) is 6.07. The number of carbonyl (C=O) groups excluding carboxylic acids is 1. The van der Waals surface area contributed by atoms with Gasteiger partial charge in [-0.25, -0.2) is 14.7 Å². The zero-order valence-corrected chi connectivity index (χ0v) is 23.3. The number of ether oxygens (including phenoxy) is 1. The van der Waals surface area contributed by atoms with Crippen LogP contribution in [0.3, 0.4) is 0 Å². The Morgan fingerprint density at radius 2 is 1.97 bits per heavy atom. The van der Waals surface area contributed by atoms with E-state index in [-0.39, 0.29) is 27.4 Å². The van der Waals surface area contributed by atoms with Gasteiger partial charge in [0.05, 0.1) is 24.5 Å². The van der Waals surface area contributed by atoms with E-state index in [1.54, 1.807) is 6.07 Å². The molecule has 0 saturated carbocycles. The summed E-state index contributed by atoms with van der Waals surface area (Å²) in [5, 5.41) is -0.316. The van der Waals surface area contributed by atoms with E-state index in [0.717, 1.165) is 23.3 Å². The number of hydrogen-bond donors (Lipinski definition) is 2. The number of anilines is 2. The lowest BCUT2D eigenvalue weighted by Gasteiger charge is -2.38. The van der Waals surface area contributed by atoms with Crippen molar-refractivity contribution in [2.24, 2.45) is 5.92 Å². The number of rotatable bonds is 5. The smallest absolute Gasteiger partial charge is 0.281 e. The quantitative estimate of drug-likeness (QED) is 0.599. The first-order valence-corrected chi connectivity index (χ1v) is 14.1. The minimum atomic E-state index is -4.26. The molecule has 1 fully saturated rings. The van der Waals surface area contributed by atoms with Crippen molar-refractivity contribution >= 4 is 33.1 Å². The second kappa shape index (κ2) is 9.72. The first-order chi connectivity index (χ1) is 17.2. The average molecular weight is 528 g/mol. The van der Waals surface area contributed by atoms with Gasteiger partial charge < -0.3 is 15.4 Å². The number of pyridine rings is 2. The van der Waals surface area contributed by atoms with Gasteiger partial charge in [0, 0.05) is 23.1 Å². The van der Waals surface area contributed by atoms with Crippen molar-refractivity contribution in [3.8, 4) is 0 Å². The van der Waals surface area contributed by atoms with E-state index < -0.39 is 15.9 Å². The van der Waals surface area contributed by atoms with Crippen molar-refractivity contribution < 1.29 is 17.9 Å². The minimum Gasteiger partial charge on any atom is -0.384 e. The molecule has 4 heterocycles. The zero-order chi connectivity index (χ0) is 27.2. The fourth-order valence-electron chi connectivity index (χ4n) is 4.88. The molecule has 0 aromatic carbocycles. The second-order valence-electron chi connectivity index (χ2n) is 11.4. The molecule has 10 heteroatoms. The van der Waals surface area contributed by atoms with E-state index >= 15 is 0 Å². The van der Waals surface area contributed by atoms with Crippen molar-refractivity contribution in [1.29, 1.82) is 0 Å². The fraction of sp³-hybridized carbons (Fsp3) is 0.519. The van der Waals surface area contributed by atoms with E-state index in [0.29, 0.717) is 37.9 Å². The number of nitrogens with one attached hydrogen (secondary N) is 1. The molecular formula is C27H37N5O4S. The molecule has 3 N–H and O–H groups in total. The minimum absolute atomic E-state index is 0.0498. The molecule has 1 saturated heterocycles. The third-order valence-electron chi connectivity index (χ3n) is 7.46. The van der Waals surface area contributed by atoms with Crippen LogP contribution >= 0.6 is 0 Å². The van der Waals surface area contributed by atoms with Crippen LogP contribution < -0.4 is 15.4 Å². The Kier molecular flexibility index (Phi) is 7.11. The van der Waals surface area contributed by atoms with E-state index in [4.69, 9.17) is 15.5 Å². The molecular weight excluding hydrogens is 490 g/mol. The van der Waals surface area contributed by atoms with Crippen LogP contribution in [0, 0.1) is 5.92 Å². The molecule has 0 aliphatic carbocycles. The molecule has 2 aliphatic rings. The number of hydrogen-bond acceptors (Lipinski definition) is 8. The van der Waals surface area contributed by atoms with Crippen LogP contribution in [0.2, 0.25) is 0 Å². The first kappa shape index (κ1) is 27.1. The zero-order valence-electron chi connectivity index (χ0n) is 22.5. The Balaban J connectivity index is 1.89. The SMILES string of the molecule is CC1CCN(c2nc(C(C)(C)C)c(C3=CCOCC3)cc2C(=O)NS(=O)(=O)c2cccc(N)n2)C1(C)C. The Morgan fingerprint density at radius 1 is 1.24 bits per heavy atom. The summed E-state index contributed by atoms with van der Waals surface area (Å²) in [5.74, 6) is 0.149. The molecule has 4 rings (SSSR count). The molecule has 1 unspecified atom stereocenters. The summed E-state index contributed by atoms with van der Waals surface area (Å²) in [7, 11) is -4.26. The number of aromatic nitrogens is 2. The van der Waals surface area contributed by atoms with Crippen molar-refractivity contribution in [3.63, 3.8) is 0 Å². The highest BCUT2D eigenvalue weighted by molar-refractivity contribution is 7.90. The van der Waals surface area contributed by atoms with Crippen LogP contribution in [-0.4, -0.2) is 49.6 Å². The standard InChI is InChI=1S/C27H37N5O4S/c1-17-10-13-32(27(17,5)6)24-20(25(33)31-37(34,35)22-9-7-8-21(28)29-22)16-19(18-11-14-36-15-12-18)23(30-24)26(2,3)4/h7-9,11,16-17H,10,12-15H2,1-6H3,(H2,28,29)(H,31,33). The van der Waals surface area contributed by atoms with Gasteiger partial charge in [-0.15, -0.1) is 0 Å². The molecule has 0 radical (unpaired) electrons. The number of amides is 1. The van der Waals surface area contributed by atoms with Gasteiger partial charge in [-0.2, -0.15) is 8.42 Å². The summed E-state index contributed by atoms with van der Waals surface area (Å²) in [4.78, 5) is 24.9. The third kappa shape index (κ3) is 5.36. The van der Waals surface area contributed by atoms with Crippen molar-refractivity contribution in [1.82, 2.24) is 14.7 Å². The maximum absolute atomic E-state index is 13.7. The summed E-state index contributed by atoms with van der Waals surface area (Å²) in [6.45, 7) is 14.5. The van der Waals surface area contributed by atoms with Gasteiger partial charge in [-0.05, 0) is 56.4 Å². The van der Waals surface area contributed by atoms with Crippen molar-refractivity contribution in [2.45, 2.75) is 70.4 Å². The number of sulfonamides is 1. The number of nitrogens with zero attached hydrogens (tertiary/aromatic N) is 3. The molecule has 9 nitrogen and oxygen atoms in total. The molecule has 1 atom stereocenters. The topological polar surface area (TPSA) is 128 Å². The van der Waals surface area contributed by atoms with Crippen LogP contribution in [0.25, 0.3) is 5.57 Å². The molecule has 0 spiro atoms. The summed E-state index contributed by atoms with van der Waals surface area (Å²) in [5.41, 5.74) is 8.06.